The summed E-state index contributed by atoms with van der Waals surface area (Å²) in [7, 11) is 0. The largest absolute Gasteiger partial charge is 0.289 e. The number of pyridine rings is 1. The van der Waals surface area contributed by atoms with Crippen molar-refractivity contribution in [3.05, 3.63) is 54.0 Å². The molecule has 4 rings (SSSR count). The summed E-state index contributed by atoms with van der Waals surface area (Å²) in [6.45, 7) is 3.78. The SMILES string of the molecule is Cc1nc([C@H]2CCCN2Cc2cnc(-c3ccccn3)nc2)n[nH]1. The molecule has 1 fully saturated rings. The molecule has 1 atom stereocenters. The van der Waals surface area contributed by atoms with Crippen LogP contribution in [0.1, 0.15) is 36.1 Å². The Morgan fingerprint density at radius 3 is 2.79 bits per heavy atom. The van der Waals surface area contributed by atoms with Crippen molar-refractivity contribution in [2.45, 2.75) is 32.4 Å². The van der Waals surface area contributed by atoms with Crippen LogP contribution in [0.4, 0.5) is 0 Å². The van der Waals surface area contributed by atoms with Gasteiger partial charge in [0, 0.05) is 30.7 Å². The van der Waals surface area contributed by atoms with Crippen molar-refractivity contribution in [3.63, 3.8) is 0 Å². The third kappa shape index (κ3) is 3.03. The average Bonchev–Trinajstić information content (AvgIpc) is 3.25. The number of H-pyrrole nitrogens is 1. The lowest BCUT2D eigenvalue weighted by atomic mass is 10.2. The van der Waals surface area contributed by atoms with Crippen LogP contribution in [0.25, 0.3) is 11.5 Å². The summed E-state index contributed by atoms with van der Waals surface area (Å²) in [5, 5.41) is 7.26. The highest BCUT2D eigenvalue weighted by atomic mass is 15.3. The molecule has 1 N–H and O–H groups in total. The molecule has 122 valence electrons. The number of nitrogens with one attached hydrogen (secondary N) is 1. The highest BCUT2D eigenvalue weighted by Gasteiger charge is 2.29. The van der Waals surface area contributed by atoms with Crippen LogP contribution in [0.5, 0.6) is 0 Å². The molecule has 7 heteroatoms. The Morgan fingerprint density at radius 2 is 2.08 bits per heavy atom. The van der Waals surface area contributed by atoms with Crippen molar-refractivity contribution in [1.29, 1.82) is 0 Å². The zero-order valence-corrected chi connectivity index (χ0v) is 13.6. The summed E-state index contributed by atoms with van der Waals surface area (Å²) in [6, 6.07) is 6.01. The first-order valence-electron chi connectivity index (χ1n) is 8.15. The number of aromatic nitrogens is 6. The van der Waals surface area contributed by atoms with E-state index in [0.717, 1.165) is 48.8 Å². The van der Waals surface area contributed by atoms with Crippen molar-refractivity contribution in [2.24, 2.45) is 0 Å². The van der Waals surface area contributed by atoms with Crippen molar-refractivity contribution in [2.75, 3.05) is 6.54 Å². The van der Waals surface area contributed by atoms with Gasteiger partial charge in [0.1, 0.15) is 11.5 Å². The molecule has 3 aromatic rings. The topological polar surface area (TPSA) is 83.5 Å². The lowest BCUT2D eigenvalue weighted by Crippen LogP contribution is -2.23. The molecule has 0 aromatic carbocycles. The summed E-state index contributed by atoms with van der Waals surface area (Å²) in [4.78, 5) is 20.1. The molecular formula is C17H19N7. The molecule has 1 saturated heterocycles. The van der Waals surface area contributed by atoms with Gasteiger partial charge < -0.3 is 0 Å². The molecule has 1 aliphatic heterocycles. The molecular weight excluding hydrogens is 302 g/mol. The molecule has 7 nitrogen and oxygen atoms in total. The maximum atomic E-state index is 4.49. The highest BCUT2D eigenvalue weighted by Crippen LogP contribution is 2.31. The Bertz CT molecular complexity index is 797. The second kappa shape index (κ2) is 6.45. The van der Waals surface area contributed by atoms with Gasteiger partial charge in [-0.1, -0.05) is 6.07 Å². The maximum Gasteiger partial charge on any atom is 0.178 e. The van der Waals surface area contributed by atoms with Gasteiger partial charge in [-0.15, -0.1) is 0 Å². The number of likely N-dealkylation sites (tertiary alicyclic amines) is 1. The fourth-order valence-corrected chi connectivity index (χ4v) is 3.12. The van der Waals surface area contributed by atoms with Gasteiger partial charge in [-0.05, 0) is 38.4 Å². The van der Waals surface area contributed by atoms with Crippen LogP contribution in [-0.2, 0) is 6.54 Å². The number of rotatable bonds is 4. The molecule has 3 aromatic heterocycles. The summed E-state index contributed by atoms with van der Waals surface area (Å²) >= 11 is 0. The van der Waals surface area contributed by atoms with Crippen LogP contribution < -0.4 is 0 Å². The van der Waals surface area contributed by atoms with Gasteiger partial charge in [0.05, 0.1) is 6.04 Å². The molecule has 0 spiro atoms. The normalized spacial score (nSPS) is 18.1. The quantitative estimate of drug-likeness (QED) is 0.794. The fourth-order valence-electron chi connectivity index (χ4n) is 3.12. The highest BCUT2D eigenvalue weighted by molar-refractivity contribution is 5.47. The van der Waals surface area contributed by atoms with E-state index in [9.17, 15) is 0 Å². The zero-order valence-electron chi connectivity index (χ0n) is 13.6. The van der Waals surface area contributed by atoms with Crippen LogP contribution in [-0.4, -0.2) is 41.6 Å². The fraction of sp³-hybridized carbons (Fsp3) is 0.353. The van der Waals surface area contributed by atoms with E-state index >= 15 is 0 Å². The minimum absolute atomic E-state index is 0.269. The third-order valence-electron chi connectivity index (χ3n) is 4.26. The Balaban J connectivity index is 1.48. The van der Waals surface area contributed by atoms with Crippen molar-refractivity contribution in [1.82, 2.24) is 35.0 Å². The molecule has 24 heavy (non-hydrogen) atoms. The average molecular weight is 321 g/mol. The molecule has 0 bridgehead atoms. The Kier molecular flexibility index (Phi) is 4.00. The second-order valence-corrected chi connectivity index (χ2v) is 6.04. The van der Waals surface area contributed by atoms with E-state index in [4.69, 9.17) is 0 Å². The molecule has 0 unspecified atom stereocenters. The van der Waals surface area contributed by atoms with Gasteiger partial charge in [0.15, 0.2) is 11.6 Å². The van der Waals surface area contributed by atoms with Gasteiger partial charge in [-0.25, -0.2) is 15.0 Å². The predicted molar refractivity (Wildman–Crippen MR) is 88.8 cm³/mol. The molecule has 0 aliphatic carbocycles. The van der Waals surface area contributed by atoms with Crippen LogP contribution in [0.2, 0.25) is 0 Å². The summed E-state index contributed by atoms with van der Waals surface area (Å²) in [5.74, 6) is 2.40. The predicted octanol–water partition coefficient (Wildman–Crippen LogP) is 2.30. The van der Waals surface area contributed by atoms with Crippen molar-refractivity contribution in [3.8, 4) is 11.5 Å². The van der Waals surface area contributed by atoms with Gasteiger partial charge in [-0.3, -0.25) is 15.0 Å². The molecule has 4 heterocycles. The molecule has 0 amide bonds. The van der Waals surface area contributed by atoms with Crippen LogP contribution in [0.15, 0.2) is 36.8 Å². The number of hydrogen-bond donors (Lipinski definition) is 1. The number of aryl methyl sites for hydroxylation is 1. The zero-order chi connectivity index (χ0) is 16.4. The van der Waals surface area contributed by atoms with Crippen molar-refractivity contribution < 1.29 is 0 Å². The van der Waals surface area contributed by atoms with Crippen molar-refractivity contribution >= 4 is 0 Å². The lowest BCUT2D eigenvalue weighted by molar-refractivity contribution is 0.239. The smallest absolute Gasteiger partial charge is 0.178 e. The van der Waals surface area contributed by atoms with E-state index in [-0.39, 0.29) is 6.04 Å². The summed E-state index contributed by atoms with van der Waals surface area (Å²) in [5.41, 5.74) is 1.88. The Hall–Kier alpha value is -2.67. The minimum Gasteiger partial charge on any atom is -0.289 e. The molecule has 1 aliphatic rings. The van der Waals surface area contributed by atoms with E-state index in [1.807, 2.05) is 37.5 Å². The Morgan fingerprint density at radius 1 is 1.21 bits per heavy atom. The van der Waals surface area contributed by atoms with E-state index in [0.29, 0.717) is 5.82 Å². The number of aromatic amines is 1. The van der Waals surface area contributed by atoms with Gasteiger partial charge in [0.2, 0.25) is 0 Å². The van der Waals surface area contributed by atoms with Gasteiger partial charge in [-0.2, -0.15) is 5.10 Å². The van der Waals surface area contributed by atoms with Gasteiger partial charge >= 0.3 is 0 Å². The first-order chi connectivity index (χ1) is 11.8. The van der Waals surface area contributed by atoms with Crippen LogP contribution >= 0.6 is 0 Å². The van der Waals surface area contributed by atoms with E-state index < -0.39 is 0 Å². The van der Waals surface area contributed by atoms with Crippen LogP contribution in [0.3, 0.4) is 0 Å². The molecule has 0 radical (unpaired) electrons. The van der Waals surface area contributed by atoms with E-state index in [1.54, 1.807) is 6.20 Å². The molecule has 0 saturated carbocycles. The maximum absolute atomic E-state index is 4.49. The van der Waals surface area contributed by atoms with E-state index in [2.05, 4.69) is 35.0 Å². The summed E-state index contributed by atoms with van der Waals surface area (Å²) in [6.07, 6.45) is 7.76. The van der Waals surface area contributed by atoms with Gasteiger partial charge in [0.25, 0.3) is 0 Å². The number of nitrogens with zero attached hydrogens (tertiary/aromatic N) is 6. The minimum atomic E-state index is 0.269. The third-order valence-corrected chi connectivity index (χ3v) is 4.26. The lowest BCUT2D eigenvalue weighted by Gasteiger charge is -2.21. The monoisotopic (exact) mass is 321 g/mol. The second-order valence-electron chi connectivity index (χ2n) is 6.04. The standard InChI is InChI=1S/C17H19N7/c1-12-21-17(23-22-12)15-6-4-8-24(15)11-13-9-19-16(20-10-13)14-5-2-3-7-18-14/h2-3,5,7,9-10,15H,4,6,8,11H2,1H3,(H,21,22,23)/t15-/m1/s1. The Labute approximate surface area is 140 Å². The van der Waals surface area contributed by atoms with Crippen LogP contribution in [0, 0.1) is 6.92 Å². The number of hydrogen-bond acceptors (Lipinski definition) is 6. The first-order valence-corrected chi connectivity index (χ1v) is 8.15. The first kappa shape index (κ1) is 14.9. The summed E-state index contributed by atoms with van der Waals surface area (Å²) < 4.78 is 0. The van der Waals surface area contributed by atoms with E-state index in [1.165, 1.54) is 0 Å².